The SMILES string of the molecule is CC1(C)OB(c2ccc3cc4cc(-c5nc(-c6ccc(-c7ccccc7)cc6)cc(-c6ccc(-c7ccccc7)cc6)n5)ccc4cc3c2)OC1(C)C. The van der Waals surface area contributed by atoms with Crippen LogP contribution in [0, 0.1) is 0 Å². The van der Waals surface area contributed by atoms with Crippen molar-refractivity contribution in [2.24, 2.45) is 0 Å². The van der Waals surface area contributed by atoms with E-state index < -0.39 is 7.12 Å². The van der Waals surface area contributed by atoms with Gasteiger partial charge in [-0.05, 0) is 101 Å². The first-order chi connectivity index (χ1) is 25.7. The molecule has 0 spiro atoms. The minimum atomic E-state index is -0.398. The van der Waals surface area contributed by atoms with Crippen molar-refractivity contribution in [2.75, 3.05) is 0 Å². The van der Waals surface area contributed by atoms with E-state index in [1.54, 1.807) is 0 Å². The molecule has 0 aliphatic carbocycles. The fraction of sp³-hybridized carbons (Fsp3) is 0.125. The first-order valence-corrected chi connectivity index (χ1v) is 18.2. The first-order valence-electron chi connectivity index (χ1n) is 18.2. The zero-order valence-electron chi connectivity index (χ0n) is 30.4. The maximum Gasteiger partial charge on any atom is 0.494 e. The molecule has 1 aliphatic heterocycles. The Kier molecular flexibility index (Phi) is 8.07. The van der Waals surface area contributed by atoms with Gasteiger partial charge in [-0.3, -0.25) is 0 Å². The van der Waals surface area contributed by atoms with E-state index in [0.29, 0.717) is 5.82 Å². The van der Waals surface area contributed by atoms with Gasteiger partial charge in [-0.25, -0.2) is 9.97 Å². The molecule has 7 aromatic carbocycles. The number of hydrogen-bond acceptors (Lipinski definition) is 4. The van der Waals surface area contributed by atoms with E-state index in [9.17, 15) is 0 Å². The molecule has 256 valence electrons. The van der Waals surface area contributed by atoms with Crippen molar-refractivity contribution in [3.05, 3.63) is 164 Å². The fourth-order valence-electron chi connectivity index (χ4n) is 7.08. The van der Waals surface area contributed by atoms with Gasteiger partial charge in [-0.2, -0.15) is 0 Å². The molecule has 1 aromatic heterocycles. The van der Waals surface area contributed by atoms with Crippen LogP contribution in [0.15, 0.2) is 164 Å². The van der Waals surface area contributed by atoms with Crippen molar-refractivity contribution in [2.45, 2.75) is 38.9 Å². The molecule has 8 aromatic rings. The second kappa shape index (κ2) is 13.0. The maximum absolute atomic E-state index is 6.35. The molecule has 1 aliphatic rings. The van der Waals surface area contributed by atoms with Gasteiger partial charge < -0.3 is 9.31 Å². The lowest BCUT2D eigenvalue weighted by Crippen LogP contribution is -2.41. The lowest BCUT2D eigenvalue weighted by Gasteiger charge is -2.32. The van der Waals surface area contributed by atoms with Gasteiger partial charge in [0, 0.05) is 16.7 Å². The Morgan fingerprint density at radius 1 is 0.377 bits per heavy atom. The van der Waals surface area contributed by atoms with Gasteiger partial charge in [0.05, 0.1) is 22.6 Å². The third-order valence-electron chi connectivity index (χ3n) is 10.9. The minimum Gasteiger partial charge on any atom is -0.399 e. The van der Waals surface area contributed by atoms with E-state index in [0.717, 1.165) is 55.1 Å². The van der Waals surface area contributed by atoms with Crippen LogP contribution < -0.4 is 5.46 Å². The molecule has 0 unspecified atom stereocenters. The smallest absolute Gasteiger partial charge is 0.399 e. The Morgan fingerprint density at radius 2 is 0.792 bits per heavy atom. The van der Waals surface area contributed by atoms with Gasteiger partial charge in [0.25, 0.3) is 0 Å². The average Bonchev–Trinajstić information content (AvgIpc) is 3.42. The van der Waals surface area contributed by atoms with Crippen LogP contribution in [-0.4, -0.2) is 28.3 Å². The molecule has 0 N–H and O–H groups in total. The molecular formula is C48H39BN2O2. The van der Waals surface area contributed by atoms with Crippen LogP contribution in [0.25, 0.3) is 77.7 Å². The highest BCUT2D eigenvalue weighted by molar-refractivity contribution is 6.62. The Labute approximate surface area is 311 Å². The van der Waals surface area contributed by atoms with Gasteiger partial charge >= 0.3 is 7.12 Å². The van der Waals surface area contributed by atoms with Gasteiger partial charge in [0.1, 0.15) is 0 Å². The Hall–Kier alpha value is -5.88. The van der Waals surface area contributed by atoms with E-state index in [4.69, 9.17) is 19.3 Å². The summed E-state index contributed by atoms with van der Waals surface area (Å²) in [6.07, 6.45) is 0. The van der Waals surface area contributed by atoms with Gasteiger partial charge in [-0.1, -0.05) is 140 Å². The number of rotatable bonds is 6. The predicted octanol–water partition coefficient (Wildman–Crippen LogP) is 11.4. The molecule has 4 nitrogen and oxygen atoms in total. The normalized spacial score (nSPS) is 14.9. The molecule has 2 heterocycles. The second-order valence-electron chi connectivity index (χ2n) is 15.0. The molecule has 9 rings (SSSR count). The number of aromatic nitrogens is 2. The second-order valence-corrected chi connectivity index (χ2v) is 15.0. The van der Waals surface area contributed by atoms with Crippen LogP contribution in [0.4, 0.5) is 0 Å². The number of hydrogen-bond donors (Lipinski definition) is 0. The lowest BCUT2D eigenvalue weighted by atomic mass is 9.78. The third kappa shape index (κ3) is 6.33. The zero-order valence-corrected chi connectivity index (χ0v) is 30.4. The summed E-state index contributed by atoms with van der Waals surface area (Å²) in [6, 6.07) is 57.8. The number of fused-ring (bicyclic) bond motifs is 2. The molecule has 1 fully saturated rings. The Balaban J connectivity index is 1.10. The summed E-state index contributed by atoms with van der Waals surface area (Å²) in [4.78, 5) is 10.4. The summed E-state index contributed by atoms with van der Waals surface area (Å²) in [6.45, 7) is 8.35. The summed E-state index contributed by atoms with van der Waals surface area (Å²) in [5.74, 6) is 0.690. The van der Waals surface area contributed by atoms with Gasteiger partial charge in [-0.15, -0.1) is 0 Å². The van der Waals surface area contributed by atoms with Crippen molar-refractivity contribution in [1.29, 1.82) is 0 Å². The van der Waals surface area contributed by atoms with Crippen molar-refractivity contribution in [3.63, 3.8) is 0 Å². The van der Waals surface area contributed by atoms with Crippen molar-refractivity contribution in [3.8, 4) is 56.2 Å². The van der Waals surface area contributed by atoms with Crippen LogP contribution >= 0.6 is 0 Å². The first kappa shape index (κ1) is 33.0. The van der Waals surface area contributed by atoms with Crippen LogP contribution in [0.5, 0.6) is 0 Å². The lowest BCUT2D eigenvalue weighted by molar-refractivity contribution is 0.00578. The highest BCUT2D eigenvalue weighted by atomic mass is 16.7. The van der Waals surface area contributed by atoms with Crippen molar-refractivity contribution >= 4 is 34.1 Å². The molecule has 0 saturated carbocycles. The predicted molar refractivity (Wildman–Crippen MR) is 220 cm³/mol. The van der Waals surface area contributed by atoms with Crippen molar-refractivity contribution in [1.82, 2.24) is 9.97 Å². The summed E-state index contributed by atoms with van der Waals surface area (Å²) in [5, 5.41) is 4.59. The van der Waals surface area contributed by atoms with Crippen molar-refractivity contribution < 1.29 is 9.31 Å². The molecule has 0 amide bonds. The summed E-state index contributed by atoms with van der Waals surface area (Å²) >= 11 is 0. The highest BCUT2D eigenvalue weighted by Gasteiger charge is 2.51. The third-order valence-corrected chi connectivity index (χ3v) is 10.9. The van der Waals surface area contributed by atoms with E-state index in [1.165, 1.54) is 22.3 Å². The molecule has 0 bridgehead atoms. The molecular weight excluding hydrogens is 647 g/mol. The topological polar surface area (TPSA) is 44.2 Å². The Morgan fingerprint density at radius 3 is 1.30 bits per heavy atom. The van der Waals surface area contributed by atoms with E-state index in [2.05, 4.69) is 179 Å². The van der Waals surface area contributed by atoms with E-state index in [-0.39, 0.29) is 11.2 Å². The van der Waals surface area contributed by atoms with Crippen LogP contribution in [0.2, 0.25) is 0 Å². The monoisotopic (exact) mass is 686 g/mol. The van der Waals surface area contributed by atoms with Crippen LogP contribution in [0.1, 0.15) is 27.7 Å². The molecule has 0 atom stereocenters. The van der Waals surface area contributed by atoms with Crippen LogP contribution in [-0.2, 0) is 9.31 Å². The largest absolute Gasteiger partial charge is 0.494 e. The Bertz CT molecular complexity index is 2480. The fourth-order valence-corrected chi connectivity index (χ4v) is 7.08. The highest BCUT2D eigenvalue weighted by Crippen LogP contribution is 2.37. The quantitative estimate of drug-likeness (QED) is 0.129. The maximum atomic E-state index is 6.35. The number of benzene rings is 7. The summed E-state index contributed by atoms with van der Waals surface area (Å²) < 4.78 is 12.7. The average molecular weight is 687 g/mol. The summed E-state index contributed by atoms with van der Waals surface area (Å²) in [7, 11) is -0.398. The van der Waals surface area contributed by atoms with Gasteiger partial charge in [0.2, 0.25) is 0 Å². The van der Waals surface area contributed by atoms with Crippen LogP contribution in [0.3, 0.4) is 0 Å². The summed E-state index contributed by atoms with van der Waals surface area (Å²) in [5.41, 5.74) is 9.79. The molecule has 0 radical (unpaired) electrons. The van der Waals surface area contributed by atoms with Gasteiger partial charge in [0.15, 0.2) is 5.82 Å². The standard InChI is InChI=1S/C48H39BN2O2/c1-47(2)48(3,4)53-49(52-47)43-26-25-39-27-41-29-40(24-23-38(41)28-42(39)30-43)46-50-44(36-19-15-34(16-20-36)32-11-7-5-8-12-32)31-45(51-46)37-21-17-35(18-22-37)33-13-9-6-10-14-33/h5-31H,1-4H3. The molecule has 5 heteroatoms. The van der Waals surface area contributed by atoms with E-state index in [1.807, 2.05) is 12.1 Å². The zero-order chi connectivity index (χ0) is 36.2. The molecule has 1 saturated heterocycles. The van der Waals surface area contributed by atoms with E-state index >= 15 is 0 Å². The minimum absolute atomic E-state index is 0.386. The molecule has 53 heavy (non-hydrogen) atoms. The number of nitrogens with zero attached hydrogens (tertiary/aromatic N) is 2.